The standard InChI is InChI=1S/C27H24N4O3.C4H4O4.H2O/c28-10-9-19-15-29-22-8-5-16(11-21(19)22)12-23-26(32)31(27(33)30-23)20-7-6-18-13-17-3-1-2-4-24(17)34-25(18)14-20;5-3(6)1-2-4(7)8;/h1-8,11,14-15,23,29H,9-10,12-13,28H2,(H,30,33);1-2H,(H,5,6)(H,7,8);1H2/b;2-1-;. The van der Waals surface area contributed by atoms with Crippen LogP contribution < -0.4 is 20.7 Å². The lowest BCUT2D eigenvalue weighted by molar-refractivity contribution is -0.134. The second-order valence-corrected chi connectivity index (χ2v) is 9.80. The van der Waals surface area contributed by atoms with Crippen LogP contribution in [0.25, 0.3) is 10.9 Å². The Balaban J connectivity index is 0.000000417. The molecule has 1 fully saturated rings. The van der Waals surface area contributed by atoms with Crippen LogP contribution in [0.2, 0.25) is 0 Å². The number of carboxylic acids is 2. The van der Waals surface area contributed by atoms with E-state index in [0.717, 1.165) is 51.7 Å². The number of fused-ring (bicyclic) bond motifs is 3. The van der Waals surface area contributed by atoms with Crippen LogP contribution in [0.3, 0.4) is 0 Å². The van der Waals surface area contributed by atoms with Crippen molar-refractivity contribution >= 4 is 40.5 Å². The first kappa shape index (κ1) is 30.5. The molecule has 2 aliphatic heterocycles. The molecule has 0 bridgehead atoms. The fourth-order valence-corrected chi connectivity index (χ4v) is 5.00. The molecule has 3 aromatic carbocycles. The Kier molecular flexibility index (Phi) is 9.23. The van der Waals surface area contributed by atoms with Gasteiger partial charge < -0.3 is 36.5 Å². The zero-order valence-corrected chi connectivity index (χ0v) is 22.9. The summed E-state index contributed by atoms with van der Waals surface area (Å²) < 4.78 is 6.05. The number of aromatic amines is 1. The SMILES string of the molecule is NCCc1c[nH]c2ccc(CC3NC(=O)N(c4ccc5c(c4)Oc4ccccc4C5)C3=O)cc12.O.O=C(O)/C=C\C(=O)O. The van der Waals surface area contributed by atoms with Gasteiger partial charge in [-0.15, -0.1) is 0 Å². The Morgan fingerprint density at radius 3 is 2.42 bits per heavy atom. The van der Waals surface area contributed by atoms with E-state index in [1.54, 1.807) is 12.1 Å². The summed E-state index contributed by atoms with van der Waals surface area (Å²) in [5, 5.41) is 19.6. The van der Waals surface area contributed by atoms with Crippen molar-refractivity contribution in [1.29, 1.82) is 0 Å². The molecule has 12 heteroatoms. The van der Waals surface area contributed by atoms with Gasteiger partial charge in [-0.1, -0.05) is 30.3 Å². The summed E-state index contributed by atoms with van der Waals surface area (Å²) in [5.74, 6) is -1.31. The number of hydrogen-bond acceptors (Lipinski definition) is 6. The van der Waals surface area contributed by atoms with Gasteiger partial charge >= 0.3 is 18.0 Å². The molecule has 1 unspecified atom stereocenters. The van der Waals surface area contributed by atoms with E-state index in [9.17, 15) is 19.2 Å². The van der Waals surface area contributed by atoms with Gasteiger partial charge in [-0.05, 0) is 59.5 Å². The number of nitrogens with one attached hydrogen (secondary N) is 2. The highest BCUT2D eigenvalue weighted by atomic mass is 16.5. The van der Waals surface area contributed by atoms with Gasteiger partial charge in [-0.2, -0.15) is 0 Å². The molecule has 3 heterocycles. The fraction of sp³-hybridized carbons (Fsp3) is 0.161. The predicted molar refractivity (Wildman–Crippen MR) is 158 cm³/mol. The third-order valence-corrected chi connectivity index (χ3v) is 6.96. The van der Waals surface area contributed by atoms with Crippen molar-refractivity contribution in [2.24, 2.45) is 5.73 Å². The molecular weight excluding hydrogens is 556 g/mol. The van der Waals surface area contributed by atoms with Crippen LogP contribution in [0.4, 0.5) is 10.5 Å². The number of urea groups is 1. The minimum absolute atomic E-state index is 0. The molecule has 0 radical (unpaired) electrons. The second-order valence-electron chi connectivity index (χ2n) is 9.80. The molecule has 3 amide bonds. The third kappa shape index (κ3) is 6.72. The normalized spacial score (nSPS) is 15.1. The average Bonchev–Trinajstić information content (AvgIpc) is 3.49. The van der Waals surface area contributed by atoms with Crippen LogP contribution in [0.1, 0.15) is 22.3 Å². The van der Waals surface area contributed by atoms with Gasteiger partial charge in [0.1, 0.15) is 17.5 Å². The number of ether oxygens (including phenoxy) is 1. The Morgan fingerprint density at radius 1 is 0.977 bits per heavy atom. The van der Waals surface area contributed by atoms with Gasteiger partial charge in [0, 0.05) is 48.2 Å². The third-order valence-electron chi connectivity index (χ3n) is 6.96. The van der Waals surface area contributed by atoms with E-state index in [0.29, 0.717) is 36.6 Å². The number of carboxylic acid groups (broad SMARTS) is 2. The largest absolute Gasteiger partial charge is 0.478 e. The van der Waals surface area contributed by atoms with Crippen molar-refractivity contribution in [3.63, 3.8) is 0 Å². The van der Waals surface area contributed by atoms with Crippen molar-refractivity contribution in [3.8, 4) is 11.5 Å². The Morgan fingerprint density at radius 2 is 1.70 bits per heavy atom. The van der Waals surface area contributed by atoms with Gasteiger partial charge in [-0.3, -0.25) is 4.79 Å². The number of aromatic nitrogens is 1. The number of carbonyl (C=O) groups is 4. The first-order valence-corrected chi connectivity index (χ1v) is 13.2. The smallest absolute Gasteiger partial charge is 0.329 e. The van der Waals surface area contributed by atoms with Crippen molar-refractivity contribution in [2.45, 2.75) is 25.3 Å². The summed E-state index contributed by atoms with van der Waals surface area (Å²) in [6.45, 7) is 0.569. The maximum absolute atomic E-state index is 13.2. The maximum Gasteiger partial charge on any atom is 0.329 e. The van der Waals surface area contributed by atoms with E-state index in [1.807, 2.05) is 48.7 Å². The number of para-hydroxylation sites is 1. The summed E-state index contributed by atoms with van der Waals surface area (Å²) in [6.07, 6.45) is 5.04. The monoisotopic (exact) mass is 586 g/mol. The van der Waals surface area contributed by atoms with Crippen LogP contribution in [-0.2, 0) is 33.6 Å². The second kappa shape index (κ2) is 13.0. The Labute approximate surface area is 245 Å². The predicted octanol–water partition coefficient (Wildman–Crippen LogP) is 2.92. The van der Waals surface area contributed by atoms with Crippen molar-refractivity contribution < 1.29 is 39.6 Å². The van der Waals surface area contributed by atoms with Crippen LogP contribution in [0.15, 0.2) is 79.0 Å². The molecule has 4 aromatic rings. The molecule has 2 aliphatic rings. The lowest BCUT2D eigenvalue weighted by Gasteiger charge is -2.22. The number of benzene rings is 3. The van der Waals surface area contributed by atoms with Gasteiger partial charge in [0.25, 0.3) is 5.91 Å². The summed E-state index contributed by atoms with van der Waals surface area (Å²) in [7, 11) is 0. The number of hydrogen-bond donors (Lipinski definition) is 5. The van der Waals surface area contributed by atoms with E-state index in [1.165, 1.54) is 4.90 Å². The molecular formula is C31H30N4O8. The zero-order valence-electron chi connectivity index (χ0n) is 22.9. The van der Waals surface area contributed by atoms with E-state index in [-0.39, 0.29) is 11.4 Å². The van der Waals surface area contributed by atoms with Gasteiger partial charge in [0.05, 0.1) is 5.69 Å². The number of H-pyrrole nitrogens is 1. The van der Waals surface area contributed by atoms with Crippen molar-refractivity contribution in [2.75, 3.05) is 11.4 Å². The topological polar surface area (TPSA) is 207 Å². The first-order valence-electron chi connectivity index (χ1n) is 13.2. The number of imide groups is 1. The molecule has 0 saturated carbocycles. The molecule has 1 atom stereocenters. The minimum atomic E-state index is -1.26. The van der Waals surface area contributed by atoms with Crippen LogP contribution >= 0.6 is 0 Å². The number of nitrogens with two attached hydrogens (primary N) is 1. The molecule has 0 aliphatic carbocycles. The van der Waals surface area contributed by atoms with Crippen LogP contribution in [0.5, 0.6) is 11.5 Å². The maximum atomic E-state index is 13.2. The lowest BCUT2D eigenvalue weighted by Crippen LogP contribution is -2.32. The first-order chi connectivity index (χ1) is 20.2. The highest BCUT2D eigenvalue weighted by Gasteiger charge is 2.39. The Hall–Kier alpha value is -5.46. The highest BCUT2D eigenvalue weighted by molar-refractivity contribution is 6.21. The van der Waals surface area contributed by atoms with E-state index < -0.39 is 24.0 Å². The van der Waals surface area contributed by atoms with Gasteiger partial charge in [0.15, 0.2) is 0 Å². The van der Waals surface area contributed by atoms with Crippen LogP contribution in [-0.4, -0.2) is 57.1 Å². The number of carbonyl (C=O) groups excluding carboxylic acids is 2. The molecule has 1 saturated heterocycles. The van der Waals surface area contributed by atoms with E-state index in [2.05, 4.69) is 16.4 Å². The number of aliphatic carboxylic acids is 2. The molecule has 1 aromatic heterocycles. The number of nitrogens with zero attached hydrogens (tertiary/aromatic N) is 1. The average molecular weight is 587 g/mol. The van der Waals surface area contributed by atoms with Gasteiger partial charge in [0.2, 0.25) is 0 Å². The number of anilines is 1. The molecule has 8 N–H and O–H groups in total. The molecule has 6 rings (SSSR count). The molecule has 12 nitrogen and oxygen atoms in total. The quantitative estimate of drug-likeness (QED) is 0.141. The fourth-order valence-electron chi connectivity index (χ4n) is 5.00. The summed E-state index contributed by atoms with van der Waals surface area (Å²) >= 11 is 0. The van der Waals surface area contributed by atoms with Crippen LogP contribution in [0, 0.1) is 0 Å². The number of rotatable bonds is 7. The highest BCUT2D eigenvalue weighted by Crippen LogP contribution is 2.39. The lowest BCUT2D eigenvalue weighted by atomic mass is 10.00. The zero-order chi connectivity index (χ0) is 29.8. The van der Waals surface area contributed by atoms with E-state index >= 15 is 0 Å². The van der Waals surface area contributed by atoms with E-state index in [4.69, 9.17) is 20.7 Å². The van der Waals surface area contributed by atoms with Crippen molar-refractivity contribution in [3.05, 3.63) is 101 Å². The van der Waals surface area contributed by atoms with Crippen molar-refractivity contribution in [1.82, 2.24) is 10.3 Å². The molecule has 0 spiro atoms. The summed E-state index contributed by atoms with van der Waals surface area (Å²) in [5.41, 5.74) is 11.6. The summed E-state index contributed by atoms with van der Waals surface area (Å²) in [6, 6.07) is 18.4. The minimum Gasteiger partial charge on any atom is -0.478 e. The molecule has 222 valence electrons. The molecule has 43 heavy (non-hydrogen) atoms. The summed E-state index contributed by atoms with van der Waals surface area (Å²) in [4.78, 5) is 49.6. The Bertz CT molecular complexity index is 1710. The number of amides is 3. The van der Waals surface area contributed by atoms with Gasteiger partial charge in [-0.25, -0.2) is 19.3 Å².